The molecule has 0 radical (unpaired) electrons. The van der Waals surface area contributed by atoms with E-state index in [0.29, 0.717) is 18.8 Å². The van der Waals surface area contributed by atoms with Gasteiger partial charge in [0.05, 0.1) is 0 Å². The zero-order chi connectivity index (χ0) is 23.5. The zero-order valence-electron chi connectivity index (χ0n) is 18.7. The summed E-state index contributed by atoms with van der Waals surface area (Å²) in [6, 6.07) is 6.95. The molecule has 10 nitrogen and oxygen atoms in total. The highest BCUT2D eigenvalue weighted by Crippen LogP contribution is 2.24. The van der Waals surface area contributed by atoms with E-state index in [1.165, 1.54) is 23.7 Å². The third-order valence-corrected chi connectivity index (χ3v) is 6.11. The highest BCUT2D eigenvalue weighted by Gasteiger charge is 2.24. The van der Waals surface area contributed by atoms with E-state index >= 15 is 0 Å². The summed E-state index contributed by atoms with van der Waals surface area (Å²) in [4.78, 5) is 47.2. The highest BCUT2D eigenvalue weighted by molar-refractivity contribution is 5.76. The second-order valence-electron chi connectivity index (χ2n) is 8.48. The topological polar surface area (TPSA) is 128 Å². The average Bonchev–Trinajstić information content (AvgIpc) is 3.44. The van der Waals surface area contributed by atoms with Gasteiger partial charge < -0.3 is 9.88 Å². The number of rotatable bonds is 8. The van der Waals surface area contributed by atoms with Crippen molar-refractivity contribution in [1.29, 1.82) is 0 Å². The predicted molar refractivity (Wildman–Crippen MR) is 121 cm³/mol. The Kier molecular flexibility index (Phi) is 6.70. The molecule has 1 aromatic carbocycles. The molecule has 0 bridgehead atoms. The van der Waals surface area contributed by atoms with Crippen LogP contribution in [0, 0.1) is 5.82 Å². The molecule has 33 heavy (non-hydrogen) atoms. The average molecular weight is 458 g/mol. The lowest BCUT2D eigenvalue weighted by Crippen LogP contribution is -2.32. The molecule has 0 spiro atoms. The number of amides is 1. The van der Waals surface area contributed by atoms with Gasteiger partial charge in [0.15, 0.2) is 5.65 Å². The number of carbonyl (C=O) groups is 1. The van der Waals surface area contributed by atoms with E-state index in [1.807, 2.05) is 0 Å². The van der Waals surface area contributed by atoms with Crippen LogP contribution in [0.15, 0.2) is 33.9 Å². The summed E-state index contributed by atoms with van der Waals surface area (Å²) >= 11 is 0. The monoisotopic (exact) mass is 457 g/mol. The maximum Gasteiger partial charge on any atom is 0.329 e. The van der Waals surface area contributed by atoms with E-state index in [4.69, 9.17) is 0 Å². The number of imidazole rings is 1. The van der Waals surface area contributed by atoms with Crippen LogP contribution in [0.25, 0.3) is 11.2 Å². The second-order valence-corrected chi connectivity index (χ2v) is 8.48. The Morgan fingerprint density at radius 1 is 1.21 bits per heavy atom. The lowest BCUT2D eigenvalue weighted by Gasteiger charge is -2.18. The fraction of sp³-hybridized carbons (Fsp3) is 0.455. The van der Waals surface area contributed by atoms with Crippen molar-refractivity contribution >= 4 is 17.1 Å². The SMILES string of the molecule is CN(CCCC1CC(c2ccc(F)cc2)NN1)C(=O)CCc1nc2c([nH]1)c(=O)[nH]c(=O)n2C. The van der Waals surface area contributed by atoms with Crippen molar-refractivity contribution in [3.05, 3.63) is 62.3 Å². The van der Waals surface area contributed by atoms with E-state index in [1.54, 1.807) is 24.1 Å². The predicted octanol–water partition coefficient (Wildman–Crippen LogP) is 0.868. The Balaban J connectivity index is 1.22. The van der Waals surface area contributed by atoms with Crippen molar-refractivity contribution in [1.82, 2.24) is 35.3 Å². The van der Waals surface area contributed by atoms with Gasteiger partial charge in [0.1, 0.15) is 17.2 Å². The molecule has 4 N–H and O–H groups in total. The molecule has 2 unspecified atom stereocenters. The number of nitrogens with zero attached hydrogens (tertiary/aromatic N) is 3. The maximum absolute atomic E-state index is 13.1. The molecule has 4 rings (SSSR count). The number of halogens is 1. The van der Waals surface area contributed by atoms with E-state index < -0.39 is 11.2 Å². The number of fused-ring (bicyclic) bond motifs is 1. The van der Waals surface area contributed by atoms with Crippen LogP contribution in [0.1, 0.15) is 43.1 Å². The Hall–Kier alpha value is -3.31. The van der Waals surface area contributed by atoms with Crippen LogP contribution in [0.2, 0.25) is 0 Å². The lowest BCUT2D eigenvalue weighted by atomic mass is 9.99. The highest BCUT2D eigenvalue weighted by atomic mass is 19.1. The van der Waals surface area contributed by atoms with Gasteiger partial charge in [0.2, 0.25) is 5.91 Å². The minimum absolute atomic E-state index is 0.0139. The van der Waals surface area contributed by atoms with Crippen LogP contribution < -0.4 is 22.1 Å². The molecular formula is C22H28FN7O3. The van der Waals surface area contributed by atoms with Gasteiger partial charge in [0, 0.05) is 45.6 Å². The third kappa shape index (κ3) is 5.20. The number of nitrogens with one attached hydrogen (secondary N) is 4. The minimum atomic E-state index is -0.530. The number of hydrazine groups is 1. The van der Waals surface area contributed by atoms with Crippen LogP contribution in [-0.2, 0) is 18.3 Å². The molecule has 11 heteroatoms. The summed E-state index contributed by atoms with van der Waals surface area (Å²) in [5, 5.41) is 0. The van der Waals surface area contributed by atoms with Gasteiger partial charge in [-0.1, -0.05) is 12.1 Å². The number of hydrogen-bond donors (Lipinski definition) is 4. The Morgan fingerprint density at radius 3 is 2.73 bits per heavy atom. The van der Waals surface area contributed by atoms with Gasteiger partial charge >= 0.3 is 5.69 Å². The largest absolute Gasteiger partial charge is 0.346 e. The van der Waals surface area contributed by atoms with E-state index in [0.717, 1.165) is 24.8 Å². The first-order chi connectivity index (χ1) is 15.8. The van der Waals surface area contributed by atoms with Gasteiger partial charge in [-0.15, -0.1) is 0 Å². The Labute approximate surface area is 189 Å². The zero-order valence-corrected chi connectivity index (χ0v) is 18.7. The molecule has 3 aromatic rings. The number of carbonyl (C=O) groups excluding carboxylic acids is 1. The Bertz CT molecular complexity index is 1250. The molecule has 1 aliphatic rings. The fourth-order valence-electron chi connectivity index (χ4n) is 4.11. The second kappa shape index (κ2) is 9.67. The van der Waals surface area contributed by atoms with Crippen molar-refractivity contribution in [3.8, 4) is 0 Å². The number of aromatic nitrogens is 4. The van der Waals surface area contributed by atoms with Crippen molar-refractivity contribution in [2.45, 2.75) is 44.2 Å². The standard InChI is InChI=1S/C22H28FN7O3/c1-29(11-3-4-15-12-16(28-27-15)13-5-7-14(23)8-6-13)18(31)10-9-17-24-19-20(25-17)30(2)22(33)26-21(19)32/h5-8,15-16,27-28H,3-4,9-12H2,1-2H3,(H,24,25)(H,26,32,33). The maximum atomic E-state index is 13.1. The first-order valence-corrected chi connectivity index (χ1v) is 11.0. The molecule has 2 atom stereocenters. The summed E-state index contributed by atoms with van der Waals surface area (Å²) < 4.78 is 14.4. The number of H-pyrrole nitrogens is 2. The summed E-state index contributed by atoms with van der Waals surface area (Å²) in [5.41, 5.74) is 7.03. The van der Waals surface area contributed by atoms with Crippen molar-refractivity contribution < 1.29 is 9.18 Å². The quantitative estimate of drug-likeness (QED) is 0.397. The molecule has 1 fully saturated rings. The van der Waals surface area contributed by atoms with Crippen LogP contribution in [0.3, 0.4) is 0 Å². The fourth-order valence-corrected chi connectivity index (χ4v) is 4.11. The van der Waals surface area contributed by atoms with E-state index in [-0.39, 0.29) is 41.4 Å². The third-order valence-electron chi connectivity index (χ3n) is 6.11. The van der Waals surface area contributed by atoms with Crippen LogP contribution >= 0.6 is 0 Å². The Morgan fingerprint density at radius 2 is 1.97 bits per heavy atom. The molecule has 0 aliphatic carbocycles. The first kappa shape index (κ1) is 22.9. The minimum Gasteiger partial charge on any atom is -0.346 e. The van der Waals surface area contributed by atoms with E-state index in [2.05, 4.69) is 25.8 Å². The molecule has 0 saturated carbocycles. The number of aryl methyl sites for hydroxylation is 2. The first-order valence-electron chi connectivity index (χ1n) is 11.0. The molecule has 2 aromatic heterocycles. The van der Waals surface area contributed by atoms with Gasteiger partial charge in [-0.05, 0) is 37.0 Å². The number of benzene rings is 1. The van der Waals surface area contributed by atoms with Gasteiger partial charge in [-0.25, -0.2) is 14.2 Å². The van der Waals surface area contributed by atoms with Crippen molar-refractivity contribution in [3.63, 3.8) is 0 Å². The van der Waals surface area contributed by atoms with Crippen LogP contribution in [-0.4, -0.2) is 50.0 Å². The number of hydrogen-bond acceptors (Lipinski definition) is 6. The van der Waals surface area contributed by atoms with Gasteiger partial charge in [-0.2, -0.15) is 0 Å². The summed E-state index contributed by atoms with van der Waals surface area (Å²) in [5.74, 6) is 0.236. The normalized spacial score (nSPS) is 18.2. The molecule has 1 aliphatic heterocycles. The van der Waals surface area contributed by atoms with E-state index in [9.17, 15) is 18.8 Å². The van der Waals surface area contributed by atoms with Gasteiger partial charge in [-0.3, -0.25) is 30.0 Å². The number of aromatic amines is 2. The van der Waals surface area contributed by atoms with Crippen molar-refractivity contribution in [2.24, 2.45) is 7.05 Å². The summed E-state index contributed by atoms with van der Waals surface area (Å²) in [6.07, 6.45) is 3.25. The summed E-state index contributed by atoms with van der Waals surface area (Å²) in [7, 11) is 3.30. The summed E-state index contributed by atoms with van der Waals surface area (Å²) in [6.45, 7) is 0.631. The molecule has 3 heterocycles. The lowest BCUT2D eigenvalue weighted by molar-refractivity contribution is -0.129. The van der Waals surface area contributed by atoms with Crippen LogP contribution in [0.4, 0.5) is 4.39 Å². The van der Waals surface area contributed by atoms with Gasteiger partial charge in [0.25, 0.3) is 5.56 Å². The van der Waals surface area contributed by atoms with Crippen molar-refractivity contribution in [2.75, 3.05) is 13.6 Å². The molecular weight excluding hydrogens is 429 g/mol. The molecule has 1 amide bonds. The molecule has 176 valence electrons. The molecule has 1 saturated heterocycles. The smallest absolute Gasteiger partial charge is 0.329 e. The van der Waals surface area contributed by atoms with Crippen LogP contribution in [0.5, 0.6) is 0 Å².